The van der Waals surface area contributed by atoms with Crippen LogP contribution in [0.4, 0.5) is 10.2 Å². The molecule has 2 aliphatic heterocycles. The summed E-state index contributed by atoms with van der Waals surface area (Å²) >= 11 is 1.88. The van der Waals surface area contributed by atoms with Crippen LogP contribution in [-0.2, 0) is 17.0 Å². The molecule has 0 aliphatic carbocycles. The monoisotopic (exact) mass is 431 g/mol. The van der Waals surface area contributed by atoms with Gasteiger partial charge in [0.1, 0.15) is 18.0 Å². The van der Waals surface area contributed by atoms with Crippen molar-refractivity contribution < 1.29 is 9.18 Å². The summed E-state index contributed by atoms with van der Waals surface area (Å²) in [7, 11) is 0. The average Bonchev–Trinajstić information content (AvgIpc) is 3.10. The molecule has 0 spiro atoms. The van der Waals surface area contributed by atoms with E-state index in [1.54, 1.807) is 18.5 Å². The molecule has 1 amide bonds. The molecule has 2 N–H and O–H groups in total. The van der Waals surface area contributed by atoms with Gasteiger partial charge in [-0.25, -0.2) is 14.4 Å². The van der Waals surface area contributed by atoms with E-state index in [1.807, 2.05) is 16.7 Å². The maximum atomic E-state index is 13.1. The lowest BCUT2D eigenvalue weighted by Crippen LogP contribution is -2.57. The topological polar surface area (TPSA) is 75.4 Å². The second kappa shape index (κ2) is 9.31. The van der Waals surface area contributed by atoms with Crippen molar-refractivity contribution in [2.45, 2.75) is 50.8 Å². The third-order valence-electron chi connectivity index (χ3n) is 5.72. The van der Waals surface area contributed by atoms with Crippen LogP contribution in [0.5, 0.6) is 0 Å². The minimum Gasteiger partial charge on any atom is -0.350 e. The molecule has 0 bridgehead atoms. The van der Waals surface area contributed by atoms with Crippen molar-refractivity contribution in [2.75, 3.05) is 24.5 Å². The molecule has 30 heavy (non-hydrogen) atoms. The third kappa shape index (κ3) is 4.44. The zero-order valence-corrected chi connectivity index (χ0v) is 17.5. The molecule has 4 rings (SSSR count). The van der Waals surface area contributed by atoms with Gasteiger partial charge in [-0.3, -0.25) is 4.79 Å². The second-order valence-electron chi connectivity index (χ2n) is 7.77. The number of carbonyl (C=O) groups is 1. The van der Waals surface area contributed by atoms with Crippen molar-refractivity contribution in [3.63, 3.8) is 0 Å². The largest absolute Gasteiger partial charge is 0.350 e. The van der Waals surface area contributed by atoms with Gasteiger partial charge in [-0.05, 0) is 38.0 Å². The molecule has 0 radical (unpaired) electrons. The Bertz CT molecular complexity index is 894. The average molecular weight is 432 g/mol. The fraction of sp³-hybridized carbons (Fsp3) is 0.500. The van der Waals surface area contributed by atoms with Gasteiger partial charge < -0.3 is 15.5 Å². The lowest BCUT2D eigenvalue weighted by Gasteiger charge is -2.42. The van der Waals surface area contributed by atoms with E-state index in [0.29, 0.717) is 24.8 Å². The van der Waals surface area contributed by atoms with Gasteiger partial charge in [0.05, 0.1) is 11.7 Å². The molecule has 8 heteroatoms. The first kappa shape index (κ1) is 22.5. The Morgan fingerprint density at radius 3 is 2.70 bits per heavy atom. The summed E-state index contributed by atoms with van der Waals surface area (Å²) in [5, 5.41) is 0.386. The molecule has 2 aliphatic rings. The van der Waals surface area contributed by atoms with Crippen molar-refractivity contribution in [2.24, 2.45) is 5.73 Å². The van der Waals surface area contributed by atoms with Crippen LogP contribution in [-0.4, -0.2) is 52.5 Å². The van der Waals surface area contributed by atoms with Crippen molar-refractivity contribution >= 4 is 23.5 Å². The molecule has 162 valence electrons. The van der Waals surface area contributed by atoms with E-state index in [4.69, 9.17) is 5.73 Å². The van der Waals surface area contributed by atoms with Gasteiger partial charge >= 0.3 is 0 Å². The first-order valence-electron chi connectivity index (χ1n) is 9.95. The highest BCUT2D eigenvalue weighted by Crippen LogP contribution is 2.44. The maximum Gasteiger partial charge on any atom is 0.239 e. The lowest BCUT2D eigenvalue weighted by atomic mass is 10.0. The van der Waals surface area contributed by atoms with E-state index >= 15 is 0 Å². The standard InChI is InChI=1S/C21H26FN5OS.CH4/c1-13-10-26(21(28)17(23)9-15-3-5-16(22)6-4-15)7-8-27(13)20-19-14(2)29-11-18(19)24-12-25-20;/h3-6,12-14,17H,7-11,23H2,1-2H3;1H4/t13-,14-,17+;/m0./s1. The van der Waals surface area contributed by atoms with Crippen LogP contribution in [0.15, 0.2) is 30.6 Å². The van der Waals surface area contributed by atoms with E-state index < -0.39 is 6.04 Å². The number of anilines is 1. The van der Waals surface area contributed by atoms with Crippen LogP contribution in [0.25, 0.3) is 0 Å². The third-order valence-corrected chi connectivity index (χ3v) is 6.90. The van der Waals surface area contributed by atoms with Crippen LogP contribution in [0.2, 0.25) is 0 Å². The number of aromatic nitrogens is 2. The Morgan fingerprint density at radius 2 is 2.00 bits per heavy atom. The van der Waals surface area contributed by atoms with E-state index in [0.717, 1.165) is 29.4 Å². The number of benzene rings is 1. The predicted octanol–water partition coefficient (Wildman–Crippen LogP) is 3.17. The number of carbonyl (C=O) groups excluding carboxylic acids is 1. The summed E-state index contributed by atoms with van der Waals surface area (Å²) < 4.78 is 13.1. The van der Waals surface area contributed by atoms with Crippen molar-refractivity contribution in [3.8, 4) is 0 Å². The number of amides is 1. The summed E-state index contributed by atoms with van der Waals surface area (Å²) in [6.07, 6.45) is 2.05. The Kier molecular flexibility index (Phi) is 6.98. The highest BCUT2D eigenvalue weighted by Gasteiger charge is 2.34. The molecule has 1 fully saturated rings. The summed E-state index contributed by atoms with van der Waals surface area (Å²) in [6, 6.07) is 5.66. The number of rotatable bonds is 4. The minimum absolute atomic E-state index is 0. The Balaban J connectivity index is 0.00000256. The normalized spacial score (nSPS) is 21.7. The number of hydrogen-bond acceptors (Lipinski definition) is 6. The second-order valence-corrected chi connectivity index (χ2v) is 9.10. The fourth-order valence-electron chi connectivity index (χ4n) is 4.14. The molecule has 2 aromatic rings. The number of thioether (sulfide) groups is 1. The van der Waals surface area contributed by atoms with E-state index in [9.17, 15) is 9.18 Å². The maximum absolute atomic E-state index is 13.1. The Labute approximate surface area is 182 Å². The quantitative estimate of drug-likeness (QED) is 0.802. The molecule has 3 atom stereocenters. The van der Waals surface area contributed by atoms with Crippen LogP contribution in [0.1, 0.15) is 43.3 Å². The van der Waals surface area contributed by atoms with Gasteiger partial charge in [0.25, 0.3) is 0 Å². The highest BCUT2D eigenvalue weighted by molar-refractivity contribution is 7.99. The van der Waals surface area contributed by atoms with Crippen LogP contribution in [0.3, 0.4) is 0 Å². The molecule has 1 saturated heterocycles. The summed E-state index contributed by atoms with van der Waals surface area (Å²) in [5.74, 6) is 1.58. The molecule has 1 aromatic carbocycles. The number of halogens is 1. The number of piperazine rings is 1. The number of nitrogens with two attached hydrogens (primary N) is 1. The van der Waals surface area contributed by atoms with Crippen LogP contribution >= 0.6 is 11.8 Å². The molecular formula is C22H30FN5OS. The number of nitrogens with zero attached hydrogens (tertiary/aromatic N) is 4. The van der Waals surface area contributed by atoms with Gasteiger partial charge in [0.15, 0.2) is 0 Å². The zero-order valence-electron chi connectivity index (χ0n) is 16.7. The number of hydrogen-bond donors (Lipinski definition) is 1. The zero-order chi connectivity index (χ0) is 20.5. The minimum atomic E-state index is -0.626. The van der Waals surface area contributed by atoms with E-state index in [-0.39, 0.29) is 25.2 Å². The molecular weight excluding hydrogens is 401 g/mol. The van der Waals surface area contributed by atoms with Crippen LogP contribution in [0, 0.1) is 5.82 Å². The SMILES string of the molecule is C.C[C@@H]1SCc2ncnc(N3CCN(C(=O)[C@H](N)Cc4ccc(F)cc4)C[C@@H]3C)c21. The fourth-order valence-corrected chi connectivity index (χ4v) is 5.18. The van der Waals surface area contributed by atoms with Crippen molar-refractivity contribution in [1.82, 2.24) is 14.9 Å². The van der Waals surface area contributed by atoms with Gasteiger partial charge in [-0.1, -0.05) is 19.6 Å². The van der Waals surface area contributed by atoms with Gasteiger partial charge in [-0.2, -0.15) is 0 Å². The van der Waals surface area contributed by atoms with Gasteiger partial charge in [-0.15, -0.1) is 11.8 Å². The smallest absolute Gasteiger partial charge is 0.239 e. The highest BCUT2D eigenvalue weighted by atomic mass is 32.2. The van der Waals surface area contributed by atoms with Gasteiger partial charge in [0, 0.05) is 42.2 Å². The summed E-state index contributed by atoms with van der Waals surface area (Å²) in [4.78, 5) is 26.0. The van der Waals surface area contributed by atoms with Crippen LogP contribution < -0.4 is 10.6 Å². The number of fused-ring (bicyclic) bond motifs is 1. The molecule has 6 nitrogen and oxygen atoms in total. The summed E-state index contributed by atoms with van der Waals surface area (Å²) in [5.41, 5.74) is 9.40. The molecule has 0 saturated carbocycles. The predicted molar refractivity (Wildman–Crippen MR) is 120 cm³/mol. The summed E-state index contributed by atoms with van der Waals surface area (Å²) in [6.45, 7) is 6.25. The van der Waals surface area contributed by atoms with Gasteiger partial charge in [0.2, 0.25) is 5.91 Å². The Hall–Kier alpha value is -2.19. The van der Waals surface area contributed by atoms with E-state index in [2.05, 4.69) is 28.7 Å². The first-order valence-corrected chi connectivity index (χ1v) is 11.0. The molecule has 0 unspecified atom stereocenters. The first-order chi connectivity index (χ1) is 13.9. The molecule has 1 aromatic heterocycles. The Morgan fingerprint density at radius 1 is 1.27 bits per heavy atom. The van der Waals surface area contributed by atoms with Crippen molar-refractivity contribution in [3.05, 3.63) is 53.2 Å². The van der Waals surface area contributed by atoms with E-state index in [1.165, 1.54) is 17.7 Å². The van der Waals surface area contributed by atoms with Crippen molar-refractivity contribution in [1.29, 1.82) is 0 Å². The molecule has 3 heterocycles. The lowest BCUT2D eigenvalue weighted by molar-refractivity contribution is -0.133.